The highest BCUT2D eigenvalue weighted by Gasteiger charge is 1.94. The molecule has 3 nitrogen and oxygen atoms in total. The van der Waals surface area contributed by atoms with Crippen LogP contribution in [0.3, 0.4) is 0 Å². The van der Waals surface area contributed by atoms with E-state index in [4.69, 9.17) is 5.84 Å². The molecule has 0 aliphatic carbocycles. The van der Waals surface area contributed by atoms with Gasteiger partial charge < -0.3 is 0 Å². The van der Waals surface area contributed by atoms with Gasteiger partial charge in [-0.25, -0.2) is 5.84 Å². The summed E-state index contributed by atoms with van der Waals surface area (Å²) in [4.78, 5) is 10.8. The molecular weight excluding hydrogens is 232 g/mol. The number of benzene rings is 1. The molecular formula is C9H9BrN2O. The number of hydrogen-bond donors (Lipinski definition) is 2. The molecule has 0 unspecified atom stereocenters. The minimum atomic E-state index is -0.323. The SMILES string of the molecule is NNC(=O)C=Cc1ccccc1Br. The van der Waals surface area contributed by atoms with Crippen LogP contribution in [0.4, 0.5) is 0 Å². The monoisotopic (exact) mass is 240 g/mol. The summed E-state index contributed by atoms with van der Waals surface area (Å²) in [5.74, 6) is 4.59. The van der Waals surface area contributed by atoms with Crippen LogP contribution in [0.2, 0.25) is 0 Å². The van der Waals surface area contributed by atoms with Crippen LogP contribution in [0, 0.1) is 0 Å². The van der Waals surface area contributed by atoms with E-state index in [1.807, 2.05) is 29.7 Å². The third-order valence-corrected chi connectivity index (χ3v) is 2.18. The van der Waals surface area contributed by atoms with Crippen molar-refractivity contribution in [1.82, 2.24) is 5.43 Å². The summed E-state index contributed by atoms with van der Waals surface area (Å²) in [6, 6.07) is 7.60. The molecule has 1 amide bonds. The number of hydrazine groups is 1. The topological polar surface area (TPSA) is 55.1 Å². The second kappa shape index (κ2) is 4.79. The van der Waals surface area contributed by atoms with Gasteiger partial charge in [-0.2, -0.15) is 0 Å². The number of carbonyl (C=O) groups is 1. The van der Waals surface area contributed by atoms with Crippen LogP contribution in [0.15, 0.2) is 34.8 Å². The Labute approximate surface area is 84.7 Å². The van der Waals surface area contributed by atoms with E-state index in [9.17, 15) is 4.79 Å². The number of hydrogen-bond acceptors (Lipinski definition) is 2. The molecule has 0 aliphatic heterocycles. The predicted octanol–water partition coefficient (Wildman–Crippen LogP) is 1.45. The van der Waals surface area contributed by atoms with Gasteiger partial charge in [-0.05, 0) is 17.7 Å². The Morgan fingerprint density at radius 1 is 1.46 bits per heavy atom. The first kappa shape index (κ1) is 9.95. The van der Waals surface area contributed by atoms with E-state index in [1.54, 1.807) is 6.08 Å². The van der Waals surface area contributed by atoms with Crippen molar-refractivity contribution in [1.29, 1.82) is 0 Å². The van der Waals surface area contributed by atoms with E-state index >= 15 is 0 Å². The molecule has 0 saturated carbocycles. The van der Waals surface area contributed by atoms with Gasteiger partial charge in [0, 0.05) is 10.5 Å². The molecule has 13 heavy (non-hydrogen) atoms. The first-order chi connectivity index (χ1) is 6.24. The largest absolute Gasteiger partial charge is 0.291 e. The van der Waals surface area contributed by atoms with E-state index in [2.05, 4.69) is 15.9 Å². The average molecular weight is 241 g/mol. The molecule has 0 spiro atoms. The molecule has 3 N–H and O–H groups in total. The van der Waals surface area contributed by atoms with Gasteiger partial charge in [0.1, 0.15) is 0 Å². The maximum atomic E-state index is 10.8. The van der Waals surface area contributed by atoms with Crippen molar-refractivity contribution < 1.29 is 4.79 Å². The zero-order valence-electron chi connectivity index (χ0n) is 6.83. The number of amides is 1. The minimum absolute atomic E-state index is 0.323. The van der Waals surface area contributed by atoms with Crippen molar-refractivity contribution >= 4 is 27.9 Å². The van der Waals surface area contributed by atoms with E-state index in [-0.39, 0.29) is 5.91 Å². The molecule has 0 atom stereocenters. The number of nitrogens with two attached hydrogens (primary N) is 1. The molecule has 1 aromatic rings. The number of halogens is 1. The van der Waals surface area contributed by atoms with Crippen molar-refractivity contribution in [3.63, 3.8) is 0 Å². The van der Waals surface area contributed by atoms with Crippen molar-refractivity contribution in [2.24, 2.45) is 5.84 Å². The Kier molecular flexibility index (Phi) is 3.67. The van der Waals surface area contributed by atoms with Crippen LogP contribution in [0.1, 0.15) is 5.56 Å². The van der Waals surface area contributed by atoms with Crippen LogP contribution in [0.25, 0.3) is 6.08 Å². The maximum Gasteiger partial charge on any atom is 0.257 e. The molecule has 0 saturated heterocycles. The van der Waals surface area contributed by atoms with Gasteiger partial charge in [0.2, 0.25) is 0 Å². The molecule has 0 fully saturated rings. The Bertz CT molecular complexity index is 336. The fourth-order valence-electron chi connectivity index (χ4n) is 0.824. The number of rotatable bonds is 2. The molecule has 0 radical (unpaired) electrons. The summed E-state index contributed by atoms with van der Waals surface area (Å²) in [6.45, 7) is 0. The second-order valence-electron chi connectivity index (χ2n) is 2.36. The molecule has 0 heterocycles. The zero-order chi connectivity index (χ0) is 9.68. The van der Waals surface area contributed by atoms with Gasteiger partial charge in [0.15, 0.2) is 0 Å². The highest BCUT2D eigenvalue weighted by molar-refractivity contribution is 9.10. The summed E-state index contributed by atoms with van der Waals surface area (Å²) >= 11 is 3.35. The van der Waals surface area contributed by atoms with E-state index in [0.29, 0.717) is 0 Å². The summed E-state index contributed by atoms with van der Waals surface area (Å²) < 4.78 is 0.941. The quantitative estimate of drug-likeness (QED) is 0.356. The lowest BCUT2D eigenvalue weighted by molar-refractivity contribution is -0.116. The second-order valence-corrected chi connectivity index (χ2v) is 3.22. The highest BCUT2D eigenvalue weighted by Crippen LogP contribution is 2.16. The molecule has 0 bridgehead atoms. The van der Waals surface area contributed by atoms with Crippen molar-refractivity contribution in [2.45, 2.75) is 0 Å². The molecule has 1 aromatic carbocycles. The van der Waals surface area contributed by atoms with Crippen LogP contribution in [-0.2, 0) is 4.79 Å². The smallest absolute Gasteiger partial charge is 0.257 e. The first-order valence-electron chi connectivity index (χ1n) is 3.67. The third kappa shape index (κ3) is 3.01. The maximum absolute atomic E-state index is 10.8. The molecule has 1 rings (SSSR count). The molecule has 4 heteroatoms. The van der Waals surface area contributed by atoms with Gasteiger partial charge in [0.25, 0.3) is 5.91 Å². The van der Waals surface area contributed by atoms with Gasteiger partial charge in [-0.3, -0.25) is 10.2 Å². The van der Waals surface area contributed by atoms with E-state index < -0.39 is 0 Å². The molecule has 0 aromatic heterocycles. The molecule has 68 valence electrons. The predicted molar refractivity (Wildman–Crippen MR) is 55.5 cm³/mol. The summed E-state index contributed by atoms with van der Waals surface area (Å²) in [5, 5.41) is 0. The van der Waals surface area contributed by atoms with Gasteiger partial charge in [-0.1, -0.05) is 34.1 Å². The summed E-state index contributed by atoms with van der Waals surface area (Å²) in [5.41, 5.74) is 2.95. The van der Waals surface area contributed by atoms with Crippen LogP contribution < -0.4 is 11.3 Å². The minimum Gasteiger partial charge on any atom is -0.291 e. The number of carbonyl (C=O) groups excluding carboxylic acids is 1. The van der Waals surface area contributed by atoms with Crippen molar-refractivity contribution in [3.05, 3.63) is 40.4 Å². The molecule has 0 aliphatic rings. The number of nitrogens with one attached hydrogen (secondary N) is 1. The first-order valence-corrected chi connectivity index (χ1v) is 4.46. The highest BCUT2D eigenvalue weighted by atomic mass is 79.9. The normalized spacial score (nSPS) is 10.3. The van der Waals surface area contributed by atoms with Crippen LogP contribution >= 0.6 is 15.9 Å². The van der Waals surface area contributed by atoms with Crippen LogP contribution in [0.5, 0.6) is 0 Å². The lowest BCUT2D eigenvalue weighted by Gasteiger charge is -1.96. The average Bonchev–Trinajstić information content (AvgIpc) is 2.16. The lowest BCUT2D eigenvalue weighted by atomic mass is 10.2. The fraction of sp³-hybridized carbons (Fsp3) is 0. The summed E-state index contributed by atoms with van der Waals surface area (Å²) in [7, 11) is 0. The van der Waals surface area contributed by atoms with Crippen molar-refractivity contribution in [2.75, 3.05) is 0 Å². The fourth-order valence-corrected chi connectivity index (χ4v) is 1.24. The Balaban J connectivity index is 2.80. The van der Waals surface area contributed by atoms with Crippen molar-refractivity contribution in [3.8, 4) is 0 Å². The Morgan fingerprint density at radius 3 is 2.77 bits per heavy atom. The standard InChI is InChI=1S/C9H9BrN2O/c10-8-4-2-1-3-7(8)5-6-9(13)12-11/h1-6H,11H2,(H,12,13). The third-order valence-electron chi connectivity index (χ3n) is 1.46. The lowest BCUT2D eigenvalue weighted by Crippen LogP contribution is -2.27. The van der Waals surface area contributed by atoms with E-state index in [0.717, 1.165) is 10.0 Å². The Hall–Kier alpha value is -1.13. The zero-order valence-corrected chi connectivity index (χ0v) is 8.41. The van der Waals surface area contributed by atoms with Gasteiger partial charge >= 0.3 is 0 Å². The van der Waals surface area contributed by atoms with Gasteiger partial charge in [0.05, 0.1) is 0 Å². The Morgan fingerprint density at radius 2 is 2.15 bits per heavy atom. The van der Waals surface area contributed by atoms with Gasteiger partial charge in [-0.15, -0.1) is 0 Å². The van der Waals surface area contributed by atoms with E-state index in [1.165, 1.54) is 6.08 Å². The summed E-state index contributed by atoms with van der Waals surface area (Å²) in [6.07, 6.45) is 3.06. The van der Waals surface area contributed by atoms with Crippen LogP contribution in [-0.4, -0.2) is 5.91 Å².